The van der Waals surface area contributed by atoms with Gasteiger partial charge < -0.3 is 33.5 Å². The Bertz CT molecular complexity index is 2900. The van der Waals surface area contributed by atoms with Crippen molar-refractivity contribution >= 4 is 38.3 Å². The molecule has 2 saturated heterocycles. The number of pyridine rings is 1. The molecule has 0 unspecified atom stereocenters. The Morgan fingerprint density at radius 2 is 1.53 bits per heavy atom. The maximum atomic E-state index is 18.0. The van der Waals surface area contributed by atoms with Crippen LogP contribution in [0, 0.1) is 18.6 Å². The molecule has 2 bridgehead atoms. The van der Waals surface area contributed by atoms with Crippen LogP contribution in [-0.4, -0.2) is 103 Å². The normalized spacial score (nSPS) is 20.5. The largest absolute Gasteiger partial charge is 0.497 e. The molecule has 1 aliphatic carbocycles. The lowest BCUT2D eigenvalue weighted by Crippen LogP contribution is -2.65. The number of methoxy groups -OCH3 is 2. The molecular formula is C50H55F5N6O8S. The van der Waals surface area contributed by atoms with E-state index in [0.717, 1.165) is 19.2 Å². The van der Waals surface area contributed by atoms with E-state index in [1.165, 1.54) is 14.2 Å². The van der Waals surface area contributed by atoms with Gasteiger partial charge in [0.25, 0.3) is 0 Å². The highest BCUT2D eigenvalue weighted by Gasteiger charge is 2.54. The number of piperazine rings is 1. The van der Waals surface area contributed by atoms with E-state index in [1.54, 1.807) is 86.0 Å². The van der Waals surface area contributed by atoms with Crippen LogP contribution in [0.5, 0.6) is 23.4 Å². The van der Waals surface area contributed by atoms with Crippen molar-refractivity contribution in [3.8, 4) is 34.6 Å². The lowest BCUT2D eigenvalue weighted by atomic mass is 9.85. The monoisotopic (exact) mass is 994 g/mol. The standard InChI is InChI=1S/C50H55F5N6O8S/c1-27-38(50(53,54)55)34(22-36(39(27)51)59(23-29-10-15-32(65-6)16-11-29)24-30-12-17-33(66-7)18-13-30)41-40(52)42-37-44(58-46(57-42)67-26-49(20-9-21-49)70(8,63)64)60-25-31-14-19-35(43(60)28(2)68-45(37)56-41)61(31)47(62)69-48(3,4)5/h10-13,15-18,22,28,31,35,43H,9,14,19-21,23-26H2,1-8H3/t28-,31+,35-,43+/m0/s1. The van der Waals surface area contributed by atoms with Crippen molar-refractivity contribution in [2.75, 3.05) is 43.4 Å². The van der Waals surface area contributed by atoms with Crippen molar-refractivity contribution in [2.45, 2.75) is 121 Å². The number of halogens is 5. The summed E-state index contributed by atoms with van der Waals surface area (Å²) in [7, 11) is -0.635. The zero-order chi connectivity index (χ0) is 50.2. The molecule has 0 spiro atoms. The minimum absolute atomic E-state index is 0.00263. The second kappa shape index (κ2) is 17.9. The van der Waals surface area contributed by atoms with Crippen molar-refractivity contribution < 1.29 is 58.8 Å². The van der Waals surface area contributed by atoms with Crippen LogP contribution >= 0.6 is 0 Å². The summed E-state index contributed by atoms with van der Waals surface area (Å²) in [6, 6.07) is 12.8. The van der Waals surface area contributed by atoms with Gasteiger partial charge in [-0.25, -0.2) is 27.0 Å². The summed E-state index contributed by atoms with van der Waals surface area (Å²) in [4.78, 5) is 32.7. The average Bonchev–Trinajstić information content (AvgIpc) is 3.52. The number of ether oxygens (including phenoxy) is 5. The number of aromatic nitrogens is 3. The summed E-state index contributed by atoms with van der Waals surface area (Å²) in [6.45, 7) is 7.82. The third kappa shape index (κ3) is 8.84. The Balaban J connectivity index is 1.24. The van der Waals surface area contributed by atoms with E-state index in [4.69, 9.17) is 28.7 Å². The number of carbonyl (C=O) groups excluding carboxylic acids is 1. The third-order valence-corrected chi connectivity index (χ3v) is 16.1. The number of hydrogen-bond donors (Lipinski definition) is 0. The highest BCUT2D eigenvalue weighted by atomic mass is 32.2. The number of hydrogen-bond acceptors (Lipinski definition) is 13. The summed E-state index contributed by atoms with van der Waals surface area (Å²) in [6.07, 6.45) is -3.10. The Kier molecular flexibility index (Phi) is 12.5. The Labute approximate surface area is 403 Å². The first kappa shape index (κ1) is 48.8. The van der Waals surface area contributed by atoms with Gasteiger partial charge in [-0.3, -0.25) is 4.90 Å². The molecule has 2 aromatic heterocycles. The van der Waals surface area contributed by atoms with Crippen LogP contribution in [-0.2, 0) is 33.8 Å². The first-order valence-electron chi connectivity index (χ1n) is 23.1. The number of rotatable bonds is 12. The van der Waals surface area contributed by atoms with E-state index >= 15 is 22.0 Å². The number of amides is 1. The van der Waals surface area contributed by atoms with Crippen LogP contribution in [0.4, 0.5) is 38.3 Å². The summed E-state index contributed by atoms with van der Waals surface area (Å²) in [5.41, 5.74) is -4.15. The zero-order valence-electron chi connectivity index (χ0n) is 40.1. The quantitative estimate of drug-likeness (QED) is 0.110. The summed E-state index contributed by atoms with van der Waals surface area (Å²) >= 11 is 0. The summed E-state index contributed by atoms with van der Waals surface area (Å²) in [5.74, 6) is -1.59. The van der Waals surface area contributed by atoms with Crippen molar-refractivity contribution in [3.63, 3.8) is 0 Å². The van der Waals surface area contributed by atoms with E-state index in [0.29, 0.717) is 54.7 Å². The van der Waals surface area contributed by atoms with Crippen molar-refractivity contribution in [1.29, 1.82) is 0 Å². The molecule has 4 aliphatic rings. The minimum atomic E-state index is -5.22. The second-order valence-corrected chi connectivity index (χ2v) is 22.1. The van der Waals surface area contributed by atoms with Gasteiger partial charge >= 0.3 is 18.3 Å². The second-order valence-electron chi connectivity index (χ2n) is 19.7. The summed E-state index contributed by atoms with van der Waals surface area (Å²) in [5, 5.41) is -0.0669. The van der Waals surface area contributed by atoms with Crippen LogP contribution in [0.15, 0.2) is 54.6 Å². The highest BCUT2D eigenvalue weighted by molar-refractivity contribution is 7.92. The van der Waals surface area contributed by atoms with Crippen molar-refractivity contribution in [1.82, 2.24) is 19.9 Å². The van der Waals surface area contributed by atoms with Gasteiger partial charge in [0.2, 0.25) is 5.88 Å². The maximum absolute atomic E-state index is 18.0. The van der Waals surface area contributed by atoms with Gasteiger partial charge in [0, 0.05) is 31.5 Å². The topological polar surface area (TPSA) is 146 Å². The van der Waals surface area contributed by atoms with Crippen LogP contribution in [0.1, 0.15) is 82.1 Å². The molecule has 3 aromatic carbocycles. The highest BCUT2D eigenvalue weighted by Crippen LogP contribution is 2.50. The molecule has 1 saturated carbocycles. The molecule has 5 aromatic rings. The molecule has 5 heterocycles. The van der Waals surface area contributed by atoms with Gasteiger partial charge in [0.1, 0.15) is 62.8 Å². The molecule has 14 nitrogen and oxygen atoms in total. The first-order valence-corrected chi connectivity index (χ1v) is 25.0. The van der Waals surface area contributed by atoms with Crippen molar-refractivity contribution in [3.05, 3.63) is 88.5 Å². The SMILES string of the molecule is COc1ccc(CN(Cc2ccc(OC)cc2)c2cc(-c3nc4c5c(nc(OCC6(S(C)(=O)=O)CCC6)nc5c3F)N3C[C@H]5CC[C@@H]([C@H]3[C@H](C)O4)N5C(=O)OC(C)(C)C)c(C(F)(F)F)c(C)c2F)cc1. The Hall–Kier alpha value is -6.18. The molecular weight excluding hydrogens is 940 g/mol. The lowest BCUT2D eigenvalue weighted by molar-refractivity contribution is -0.137. The molecule has 0 radical (unpaired) electrons. The predicted octanol–water partition coefficient (Wildman–Crippen LogP) is 9.60. The van der Waals surface area contributed by atoms with Crippen molar-refractivity contribution in [2.24, 2.45) is 0 Å². The van der Waals surface area contributed by atoms with Gasteiger partial charge in [-0.15, -0.1) is 0 Å². The Morgan fingerprint density at radius 1 is 0.914 bits per heavy atom. The van der Waals surface area contributed by atoms with Crippen LogP contribution < -0.4 is 28.7 Å². The molecule has 3 aliphatic heterocycles. The van der Waals surface area contributed by atoms with Gasteiger partial charge in [-0.2, -0.15) is 23.1 Å². The van der Waals surface area contributed by atoms with E-state index < -0.39 is 96.2 Å². The van der Waals surface area contributed by atoms with Gasteiger partial charge in [0.15, 0.2) is 15.7 Å². The average molecular weight is 995 g/mol. The fourth-order valence-corrected chi connectivity index (χ4v) is 11.6. The smallest absolute Gasteiger partial charge is 0.417 e. The number of nitrogens with zero attached hydrogens (tertiary/aromatic N) is 6. The number of carbonyl (C=O) groups is 1. The first-order chi connectivity index (χ1) is 33.0. The van der Waals surface area contributed by atoms with Gasteiger partial charge in [-0.1, -0.05) is 30.7 Å². The van der Waals surface area contributed by atoms with E-state index in [9.17, 15) is 13.2 Å². The van der Waals surface area contributed by atoms with E-state index in [1.807, 2.05) is 4.90 Å². The van der Waals surface area contributed by atoms with Crippen LogP contribution in [0.2, 0.25) is 0 Å². The fraction of sp³-hybridized carbons (Fsp3) is 0.480. The number of sulfone groups is 1. The molecule has 9 rings (SSSR count). The minimum Gasteiger partial charge on any atom is -0.497 e. The zero-order valence-corrected chi connectivity index (χ0v) is 40.9. The number of alkyl halides is 3. The van der Waals surface area contributed by atoms with E-state index in [2.05, 4.69) is 9.97 Å². The predicted molar refractivity (Wildman–Crippen MR) is 251 cm³/mol. The fourth-order valence-electron chi connectivity index (χ4n) is 10.3. The molecule has 4 atom stereocenters. The van der Waals surface area contributed by atoms with E-state index in [-0.39, 0.29) is 55.1 Å². The number of anilines is 2. The maximum Gasteiger partial charge on any atom is 0.417 e. The molecule has 1 amide bonds. The Morgan fingerprint density at radius 3 is 2.06 bits per heavy atom. The lowest BCUT2D eigenvalue weighted by Gasteiger charge is -2.48. The molecule has 0 N–H and O–H groups in total. The van der Waals surface area contributed by atoms with Crippen LogP contribution in [0.25, 0.3) is 22.2 Å². The third-order valence-electron chi connectivity index (χ3n) is 14.0. The molecule has 20 heteroatoms. The molecule has 70 heavy (non-hydrogen) atoms. The van der Waals surface area contributed by atoms with Gasteiger partial charge in [0.05, 0.1) is 43.6 Å². The summed E-state index contributed by atoms with van der Waals surface area (Å²) < 4.78 is 136. The van der Waals surface area contributed by atoms with Crippen LogP contribution in [0.3, 0.4) is 0 Å². The van der Waals surface area contributed by atoms with Gasteiger partial charge in [-0.05, 0) is 107 Å². The molecule has 3 fully saturated rings. The number of fused-ring (bicyclic) bond motifs is 5. The molecule has 374 valence electrons. The number of benzene rings is 3.